The van der Waals surface area contributed by atoms with E-state index >= 15 is 0 Å². The van der Waals surface area contributed by atoms with E-state index in [1.165, 1.54) is 0 Å². The molecule has 0 saturated heterocycles. The Bertz CT molecular complexity index is 697. The lowest BCUT2D eigenvalue weighted by Gasteiger charge is -2.09. The summed E-state index contributed by atoms with van der Waals surface area (Å²) < 4.78 is 5.90. The van der Waals surface area contributed by atoms with Gasteiger partial charge in [0.05, 0.1) is 5.56 Å². The third-order valence-corrected chi connectivity index (χ3v) is 2.75. The summed E-state index contributed by atoms with van der Waals surface area (Å²) in [5.74, 6) is 0.562. The molecule has 2 rings (SSSR count). The topological polar surface area (TPSA) is 114 Å². The van der Waals surface area contributed by atoms with E-state index < -0.39 is 11.2 Å². The first-order valence-electron chi connectivity index (χ1n) is 5.87. The molecule has 102 valence electrons. The van der Waals surface area contributed by atoms with Crippen LogP contribution in [0.25, 0.3) is 0 Å². The van der Waals surface area contributed by atoms with Gasteiger partial charge in [-0.05, 0) is 6.42 Å². The summed E-state index contributed by atoms with van der Waals surface area (Å²) in [6.07, 6.45) is 0.656. The smallest absolute Gasteiger partial charge is 0.331 e. The Labute approximate surface area is 107 Å². The number of aromatic hydroxyl groups is 1. The molecule has 0 spiro atoms. The Kier molecular flexibility index (Phi) is 3.50. The number of rotatable bonds is 4. The molecule has 0 aliphatic carbocycles. The van der Waals surface area contributed by atoms with Gasteiger partial charge in [0, 0.05) is 19.9 Å². The van der Waals surface area contributed by atoms with Crippen molar-refractivity contribution in [1.82, 2.24) is 19.7 Å². The number of aryl methyl sites for hydroxylation is 2. The minimum atomic E-state index is -0.653. The van der Waals surface area contributed by atoms with Crippen molar-refractivity contribution in [2.24, 2.45) is 0 Å². The van der Waals surface area contributed by atoms with Gasteiger partial charge in [0.15, 0.2) is 5.82 Å². The van der Waals surface area contributed by atoms with Crippen molar-refractivity contribution in [3.05, 3.63) is 38.1 Å². The molecule has 0 amide bonds. The van der Waals surface area contributed by atoms with Gasteiger partial charge in [-0.1, -0.05) is 12.1 Å². The van der Waals surface area contributed by atoms with Crippen LogP contribution in [0, 0.1) is 6.92 Å². The van der Waals surface area contributed by atoms with E-state index in [-0.39, 0.29) is 18.0 Å². The minimum Gasteiger partial charge on any atom is -0.494 e. The molecule has 0 aromatic carbocycles. The van der Waals surface area contributed by atoms with Gasteiger partial charge >= 0.3 is 5.69 Å². The van der Waals surface area contributed by atoms with Gasteiger partial charge in [0.1, 0.15) is 0 Å². The molecule has 8 heteroatoms. The van der Waals surface area contributed by atoms with Crippen LogP contribution in [0.1, 0.15) is 24.2 Å². The second kappa shape index (κ2) is 5.09. The molecule has 0 aliphatic heterocycles. The zero-order valence-electron chi connectivity index (χ0n) is 10.6. The number of nitrogens with one attached hydrogen (secondary N) is 1. The molecule has 2 aromatic heterocycles. The highest BCUT2D eigenvalue weighted by Gasteiger charge is 2.13. The lowest BCUT2D eigenvalue weighted by atomic mass is 10.2. The molecule has 8 nitrogen and oxygen atoms in total. The Morgan fingerprint density at radius 2 is 2.16 bits per heavy atom. The predicted octanol–water partition coefficient (Wildman–Crippen LogP) is -0.261. The van der Waals surface area contributed by atoms with Crippen LogP contribution in [0.2, 0.25) is 0 Å². The van der Waals surface area contributed by atoms with E-state index in [9.17, 15) is 14.7 Å². The van der Waals surface area contributed by atoms with E-state index in [0.717, 1.165) is 4.57 Å². The quantitative estimate of drug-likeness (QED) is 0.788. The molecule has 2 aromatic rings. The summed E-state index contributed by atoms with van der Waals surface area (Å²) >= 11 is 0. The Morgan fingerprint density at radius 1 is 1.42 bits per heavy atom. The van der Waals surface area contributed by atoms with Crippen molar-refractivity contribution in [3.8, 4) is 5.88 Å². The zero-order valence-corrected chi connectivity index (χ0v) is 10.6. The molecule has 0 atom stereocenters. The third kappa shape index (κ3) is 2.56. The fourth-order valence-corrected chi connectivity index (χ4v) is 1.78. The molecular weight excluding hydrogens is 252 g/mol. The standard InChI is InChI=1S/C11H14N4O4/c1-3-7-9(16)13-11(18)15(10(7)17)5-4-8-12-6(2)19-14-8/h17H,3-5H2,1-2H3,(H,13,16,18). The van der Waals surface area contributed by atoms with Crippen molar-refractivity contribution in [2.45, 2.75) is 33.2 Å². The maximum absolute atomic E-state index is 11.6. The summed E-state index contributed by atoms with van der Waals surface area (Å²) in [5, 5.41) is 13.6. The average Bonchev–Trinajstić information content (AvgIpc) is 2.75. The van der Waals surface area contributed by atoms with E-state index in [0.29, 0.717) is 24.6 Å². The first-order valence-corrected chi connectivity index (χ1v) is 5.87. The predicted molar refractivity (Wildman–Crippen MR) is 65.1 cm³/mol. The monoisotopic (exact) mass is 266 g/mol. The second-order valence-corrected chi connectivity index (χ2v) is 4.05. The van der Waals surface area contributed by atoms with Crippen LogP contribution in [-0.2, 0) is 19.4 Å². The number of aromatic amines is 1. The van der Waals surface area contributed by atoms with Gasteiger partial charge in [0.25, 0.3) is 5.56 Å². The molecule has 0 unspecified atom stereocenters. The van der Waals surface area contributed by atoms with Crippen LogP contribution in [-0.4, -0.2) is 24.8 Å². The van der Waals surface area contributed by atoms with Gasteiger partial charge < -0.3 is 9.63 Å². The molecular formula is C11H14N4O4. The molecule has 2 N–H and O–H groups in total. The molecule has 2 heterocycles. The highest BCUT2D eigenvalue weighted by Crippen LogP contribution is 2.10. The fraction of sp³-hybridized carbons (Fsp3) is 0.455. The molecule has 0 fully saturated rings. The highest BCUT2D eigenvalue weighted by molar-refractivity contribution is 5.22. The normalized spacial score (nSPS) is 10.8. The van der Waals surface area contributed by atoms with Gasteiger partial charge in [-0.3, -0.25) is 14.3 Å². The van der Waals surface area contributed by atoms with Crippen molar-refractivity contribution in [1.29, 1.82) is 0 Å². The van der Waals surface area contributed by atoms with Crippen molar-refractivity contribution in [2.75, 3.05) is 0 Å². The third-order valence-electron chi connectivity index (χ3n) is 2.75. The van der Waals surface area contributed by atoms with Crippen molar-refractivity contribution >= 4 is 0 Å². The zero-order chi connectivity index (χ0) is 14.0. The summed E-state index contributed by atoms with van der Waals surface area (Å²) in [5.41, 5.74) is -1.03. The summed E-state index contributed by atoms with van der Waals surface area (Å²) in [4.78, 5) is 29.3. The molecule has 0 bridgehead atoms. The average molecular weight is 266 g/mol. The minimum absolute atomic E-state index is 0.160. The molecule has 0 aliphatic rings. The Hall–Kier alpha value is -2.38. The van der Waals surface area contributed by atoms with E-state index in [4.69, 9.17) is 4.52 Å². The maximum atomic E-state index is 11.6. The van der Waals surface area contributed by atoms with Crippen LogP contribution in [0.5, 0.6) is 5.88 Å². The largest absolute Gasteiger partial charge is 0.494 e. The van der Waals surface area contributed by atoms with Crippen LogP contribution in [0.15, 0.2) is 14.1 Å². The van der Waals surface area contributed by atoms with Crippen LogP contribution < -0.4 is 11.2 Å². The summed E-state index contributed by atoms with van der Waals surface area (Å²) in [7, 11) is 0. The van der Waals surface area contributed by atoms with E-state index in [2.05, 4.69) is 15.1 Å². The van der Waals surface area contributed by atoms with Crippen LogP contribution in [0.3, 0.4) is 0 Å². The van der Waals surface area contributed by atoms with Crippen molar-refractivity contribution in [3.63, 3.8) is 0 Å². The molecule has 0 radical (unpaired) electrons. The number of hydrogen-bond acceptors (Lipinski definition) is 6. The van der Waals surface area contributed by atoms with Crippen LogP contribution >= 0.6 is 0 Å². The van der Waals surface area contributed by atoms with Gasteiger partial charge in [-0.15, -0.1) is 0 Å². The molecule has 0 saturated carbocycles. The first-order chi connectivity index (χ1) is 9.02. The second-order valence-electron chi connectivity index (χ2n) is 4.05. The van der Waals surface area contributed by atoms with Crippen LogP contribution in [0.4, 0.5) is 0 Å². The Morgan fingerprint density at radius 3 is 2.74 bits per heavy atom. The van der Waals surface area contributed by atoms with Gasteiger partial charge in [-0.2, -0.15) is 4.98 Å². The first kappa shape index (κ1) is 13.1. The summed E-state index contributed by atoms with van der Waals surface area (Å²) in [6, 6.07) is 0. The van der Waals surface area contributed by atoms with E-state index in [1.807, 2.05) is 0 Å². The van der Waals surface area contributed by atoms with E-state index in [1.54, 1.807) is 13.8 Å². The lowest BCUT2D eigenvalue weighted by Crippen LogP contribution is -2.32. The van der Waals surface area contributed by atoms with Gasteiger partial charge in [-0.25, -0.2) is 4.79 Å². The lowest BCUT2D eigenvalue weighted by molar-refractivity contribution is 0.378. The molecule has 19 heavy (non-hydrogen) atoms. The fourth-order valence-electron chi connectivity index (χ4n) is 1.78. The SMILES string of the molecule is CCc1c(O)n(CCc2noc(C)n2)c(=O)[nH]c1=O. The maximum Gasteiger partial charge on any atom is 0.331 e. The summed E-state index contributed by atoms with van der Waals surface area (Å²) in [6.45, 7) is 3.55. The Balaban J connectivity index is 2.30. The van der Waals surface area contributed by atoms with Crippen molar-refractivity contribution < 1.29 is 9.63 Å². The number of hydrogen-bond donors (Lipinski definition) is 2. The number of aromatic nitrogens is 4. The highest BCUT2D eigenvalue weighted by atomic mass is 16.5. The van der Waals surface area contributed by atoms with Gasteiger partial charge in [0.2, 0.25) is 11.8 Å². The number of H-pyrrole nitrogens is 1. The number of nitrogens with zero attached hydrogens (tertiary/aromatic N) is 3.